The number of aliphatic hydroxyl groups excluding tert-OH is 1. The lowest BCUT2D eigenvalue weighted by Gasteiger charge is -2.16. The first kappa shape index (κ1) is 21.4. The third-order valence-electron chi connectivity index (χ3n) is 4.76. The van der Waals surface area contributed by atoms with Crippen LogP contribution in [-0.2, 0) is 13.0 Å². The van der Waals surface area contributed by atoms with Crippen molar-refractivity contribution in [2.45, 2.75) is 19.1 Å². The molecule has 3 aromatic carbocycles. The summed E-state index contributed by atoms with van der Waals surface area (Å²) < 4.78 is 7.76. The summed E-state index contributed by atoms with van der Waals surface area (Å²) in [5.74, 6) is 1.54. The van der Waals surface area contributed by atoms with Gasteiger partial charge in [-0.05, 0) is 42.0 Å². The van der Waals surface area contributed by atoms with Gasteiger partial charge >= 0.3 is 0 Å². The summed E-state index contributed by atoms with van der Waals surface area (Å²) in [5.41, 5.74) is 3.66. The number of nitrogens with zero attached hydrogens (tertiary/aromatic N) is 3. The normalized spacial score (nSPS) is 11.5. The van der Waals surface area contributed by atoms with Crippen LogP contribution >= 0.6 is 12.4 Å². The van der Waals surface area contributed by atoms with Crippen molar-refractivity contribution in [3.05, 3.63) is 95.8 Å². The Morgan fingerprint density at radius 2 is 1.67 bits per heavy atom. The molecule has 30 heavy (non-hydrogen) atoms. The molecule has 0 aliphatic carbocycles. The molecule has 4 aromatic rings. The van der Waals surface area contributed by atoms with Crippen LogP contribution in [0.1, 0.15) is 17.0 Å². The van der Waals surface area contributed by atoms with Gasteiger partial charge in [-0.15, -0.1) is 12.4 Å². The van der Waals surface area contributed by atoms with Crippen molar-refractivity contribution in [2.75, 3.05) is 6.61 Å². The van der Waals surface area contributed by atoms with Gasteiger partial charge in [0.2, 0.25) is 0 Å². The number of hydrogen-bond acceptors (Lipinski definition) is 4. The first-order valence-corrected chi connectivity index (χ1v) is 9.52. The fourth-order valence-corrected chi connectivity index (χ4v) is 3.32. The van der Waals surface area contributed by atoms with Gasteiger partial charge in [-0.2, -0.15) is 5.26 Å². The Morgan fingerprint density at radius 3 is 2.40 bits per heavy atom. The van der Waals surface area contributed by atoms with E-state index < -0.39 is 6.10 Å². The maximum atomic E-state index is 10.6. The SMILES string of the molecule is Cl.N#Cc1ccc(OCC(O)Cn2c(Cc3ccccc3)nc3ccccc32)cc1. The Bertz CT molecular complexity index is 1130. The number of nitriles is 1. The van der Waals surface area contributed by atoms with E-state index in [2.05, 4.69) is 22.8 Å². The Balaban J connectivity index is 0.00000256. The van der Waals surface area contributed by atoms with Crippen molar-refractivity contribution in [2.24, 2.45) is 0 Å². The highest BCUT2D eigenvalue weighted by Crippen LogP contribution is 2.20. The van der Waals surface area contributed by atoms with Crippen LogP contribution in [0.4, 0.5) is 0 Å². The Labute approximate surface area is 181 Å². The van der Waals surface area contributed by atoms with Gasteiger partial charge in [-0.25, -0.2) is 4.98 Å². The predicted octanol–water partition coefficient (Wildman–Crippen LogP) is 4.36. The molecule has 0 bridgehead atoms. The van der Waals surface area contributed by atoms with Gasteiger partial charge in [0.25, 0.3) is 0 Å². The number of aliphatic hydroxyl groups is 1. The number of imidazole rings is 1. The fraction of sp³-hybridized carbons (Fsp3) is 0.167. The van der Waals surface area contributed by atoms with Crippen LogP contribution in [0.3, 0.4) is 0 Å². The maximum absolute atomic E-state index is 10.6. The second-order valence-electron chi connectivity index (χ2n) is 6.89. The zero-order valence-corrected chi connectivity index (χ0v) is 17.1. The van der Waals surface area contributed by atoms with Gasteiger partial charge in [0.1, 0.15) is 24.3 Å². The molecule has 1 unspecified atom stereocenters. The van der Waals surface area contributed by atoms with Crippen molar-refractivity contribution < 1.29 is 9.84 Å². The number of rotatable bonds is 7. The highest BCUT2D eigenvalue weighted by atomic mass is 35.5. The number of para-hydroxylation sites is 2. The van der Waals surface area contributed by atoms with E-state index in [-0.39, 0.29) is 19.0 Å². The Hall–Kier alpha value is -3.33. The van der Waals surface area contributed by atoms with Crippen LogP contribution in [0.5, 0.6) is 5.75 Å². The molecule has 0 aliphatic heterocycles. The average molecular weight is 420 g/mol. The van der Waals surface area contributed by atoms with Crippen LogP contribution in [0.15, 0.2) is 78.9 Å². The minimum atomic E-state index is -0.697. The van der Waals surface area contributed by atoms with Crippen molar-refractivity contribution >= 4 is 23.4 Å². The lowest BCUT2D eigenvalue weighted by molar-refractivity contribution is 0.0928. The van der Waals surface area contributed by atoms with Crippen molar-refractivity contribution in [1.82, 2.24) is 9.55 Å². The van der Waals surface area contributed by atoms with Crippen LogP contribution in [0.2, 0.25) is 0 Å². The Morgan fingerprint density at radius 1 is 0.967 bits per heavy atom. The van der Waals surface area contributed by atoms with Crippen LogP contribution in [0, 0.1) is 11.3 Å². The second kappa shape index (κ2) is 9.93. The molecule has 152 valence electrons. The van der Waals surface area contributed by atoms with E-state index in [1.165, 1.54) is 5.56 Å². The summed E-state index contributed by atoms with van der Waals surface area (Å²) in [4.78, 5) is 4.78. The van der Waals surface area contributed by atoms with Crippen LogP contribution in [-0.4, -0.2) is 27.4 Å². The lowest BCUT2D eigenvalue weighted by atomic mass is 10.1. The maximum Gasteiger partial charge on any atom is 0.119 e. The molecule has 0 saturated carbocycles. The summed E-state index contributed by atoms with van der Waals surface area (Å²) in [6.07, 6.45) is -0.00333. The monoisotopic (exact) mass is 419 g/mol. The number of halogens is 1. The largest absolute Gasteiger partial charge is 0.491 e. The quantitative estimate of drug-likeness (QED) is 0.483. The zero-order chi connectivity index (χ0) is 20.1. The smallest absolute Gasteiger partial charge is 0.119 e. The van der Waals surface area contributed by atoms with Gasteiger partial charge in [-0.3, -0.25) is 0 Å². The molecular formula is C24H22ClN3O2. The van der Waals surface area contributed by atoms with Crippen molar-refractivity contribution in [1.29, 1.82) is 5.26 Å². The molecule has 0 spiro atoms. The van der Waals surface area contributed by atoms with E-state index in [4.69, 9.17) is 15.0 Å². The van der Waals surface area contributed by atoms with Crippen LogP contribution in [0.25, 0.3) is 11.0 Å². The molecule has 0 radical (unpaired) electrons. The summed E-state index contributed by atoms with van der Waals surface area (Å²) in [5, 5.41) is 19.5. The van der Waals surface area contributed by atoms with E-state index >= 15 is 0 Å². The number of aromatic nitrogens is 2. The first-order valence-electron chi connectivity index (χ1n) is 9.52. The second-order valence-corrected chi connectivity index (χ2v) is 6.89. The standard InChI is InChI=1S/C24H21N3O2.ClH/c25-15-19-10-12-21(13-11-19)29-17-20(28)16-27-23-9-5-4-8-22(23)26-24(27)14-18-6-2-1-3-7-18;/h1-13,20,28H,14,16-17H2;1H. The Kier molecular flexibility index (Phi) is 7.08. The number of hydrogen-bond donors (Lipinski definition) is 1. The van der Waals surface area contributed by atoms with Crippen molar-refractivity contribution in [3.63, 3.8) is 0 Å². The third kappa shape index (κ3) is 4.98. The molecular weight excluding hydrogens is 398 g/mol. The van der Waals surface area contributed by atoms with Gasteiger partial charge in [0.05, 0.1) is 29.2 Å². The fourth-order valence-electron chi connectivity index (χ4n) is 3.32. The molecule has 0 amide bonds. The molecule has 0 fully saturated rings. The van der Waals surface area contributed by atoms with Crippen LogP contribution < -0.4 is 4.74 Å². The molecule has 1 N–H and O–H groups in total. The van der Waals surface area contributed by atoms with Gasteiger partial charge in [0, 0.05) is 6.42 Å². The summed E-state index contributed by atoms with van der Waals surface area (Å²) >= 11 is 0. The molecule has 0 aliphatic rings. The highest BCUT2D eigenvalue weighted by molar-refractivity contribution is 5.85. The number of ether oxygens (including phenoxy) is 1. The third-order valence-corrected chi connectivity index (χ3v) is 4.76. The molecule has 1 heterocycles. The zero-order valence-electron chi connectivity index (χ0n) is 16.3. The molecule has 0 saturated heterocycles. The van der Waals surface area contributed by atoms with E-state index in [1.807, 2.05) is 42.5 Å². The minimum Gasteiger partial charge on any atom is -0.491 e. The lowest BCUT2D eigenvalue weighted by Crippen LogP contribution is -2.24. The van der Waals surface area contributed by atoms with E-state index in [0.717, 1.165) is 16.9 Å². The molecule has 1 atom stereocenters. The van der Waals surface area contributed by atoms with Gasteiger partial charge in [0.15, 0.2) is 0 Å². The average Bonchev–Trinajstić information content (AvgIpc) is 3.10. The number of fused-ring (bicyclic) bond motifs is 1. The highest BCUT2D eigenvalue weighted by Gasteiger charge is 2.15. The number of benzene rings is 3. The van der Waals surface area contributed by atoms with Crippen molar-refractivity contribution in [3.8, 4) is 11.8 Å². The summed E-state index contributed by atoms with van der Waals surface area (Å²) in [7, 11) is 0. The predicted molar refractivity (Wildman–Crippen MR) is 119 cm³/mol. The van der Waals surface area contributed by atoms with Gasteiger partial charge < -0.3 is 14.4 Å². The topological polar surface area (TPSA) is 71.1 Å². The van der Waals surface area contributed by atoms with Gasteiger partial charge in [-0.1, -0.05) is 42.5 Å². The summed E-state index contributed by atoms with van der Waals surface area (Å²) in [6.45, 7) is 0.544. The minimum absolute atomic E-state index is 0. The molecule has 1 aromatic heterocycles. The molecule has 4 rings (SSSR count). The van der Waals surface area contributed by atoms with E-state index in [0.29, 0.717) is 24.3 Å². The summed E-state index contributed by atoms with van der Waals surface area (Å²) in [6, 6.07) is 27.1. The molecule has 6 heteroatoms. The first-order chi connectivity index (χ1) is 14.2. The molecule has 5 nitrogen and oxygen atoms in total. The van der Waals surface area contributed by atoms with E-state index in [9.17, 15) is 5.11 Å². The van der Waals surface area contributed by atoms with E-state index in [1.54, 1.807) is 24.3 Å².